The molecule has 1 N–H and O–H groups in total. The van der Waals surface area contributed by atoms with Crippen LogP contribution >= 0.6 is 22.7 Å². The first-order chi connectivity index (χ1) is 35.8. The standard InChI is InChI=1S/C68H55BN2OS2/c1-66(2,3)40-22-24-41(25-23-40)70-54-36-60-48(49-32-51-52(34-59(49)74-60)68(6,7)29-28-67(51,4)5)30-45(54)43-26-27-44-46-31-47-42-20-14-15-21-58(42)73-61(47)37-55(46)71-56-33-50-57(35-53(56)69-63(43)64(44)71)72-65(39-18-12-9-13-19-39)62(50)38-16-10-8-11-17-38/h8-27,30-37,69-70H,28-29H2,1-7H3. The molecule has 74 heavy (non-hydrogen) atoms. The zero-order chi connectivity index (χ0) is 50.0. The van der Waals surface area contributed by atoms with Crippen molar-refractivity contribution in [1.29, 1.82) is 0 Å². The first-order valence-corrected chi connectivity index (χ1v) is 27.9. The summed E-state index contributed by atoms with van der Waals surface area (Å²) in [6, 6.07) is 64.1. The van der Waals surface area contributed by atoms with E-state index < -0.39 is 0 Å². The number of nitrogens with one attached hydrogen (secondary N) is 1. The van der Waals surface area contributed by atoms with Crippen LogP contribution in [0.2, 0.25) is 0 Å². The summed E-state index contributed by atoms with van der Waals surface area (Å²) in [5.41, 5.74) is 19.9. The zero-order valence-electron chi connectivity index (χ0n) is 43.0. The summed E-state index contributed by atoms with van der Waals surface area (Å²) in [6.07, 6.45) is 2.38. The number of hydrogen-bond acceptors (Lipinski definition) is 4. The first-order valence-electron chi connectivity index (χ1n) is 26.3. The van der Waals surface area contributed by atoms with Gasteiger partial charge in [-0.15, -0.1) is 22.7 Å². The van der Waals surface area contributed by atoms with Crippen molar-refractivity contribution < 1.29 is 4.42 Å². The average Bonchev–Trinajstić information content (AvgIpc) is 4.15. The van der Waals surface area contributed by atoms with E-state index in [9.17, 15) is 0 Å². The molecule has 4 aromatic heterocycles. The van der Waals surface area contributed by atoms with Crippen LogP contribution < -0.4 is 16.2 Å². The Morgan fingerprint density at radius 2 is 1.19 bits per heavy atom. The lowest BCUT2D eigenvalue weighted by Crippen LogP contribution is -2.37. The Labute approximate surface area is 440 Å². The molecule has 1 aliphatic heterocycles. The molecule has 2 aliphatic rings. The van der Waals surface area contributed by atoms with Crippen molar-refractivity contribution in [3.8, 4) is 39.3 Å². The number of fused-ring (bicyclic) bond motifs is 13. The SMILES string of the molecule is CC(C)(C)c1ccc(Nc2cc3sc4cc5c(cc4c3cc2-c2ccc3c4cc6c(cc4n4c3c2Bc2cc3oc(-c7ccccc7)c(-c7ccccc7)c3cc2-4)sc2ccccc26)C(C)(C)CCC5(C)C)cc1. The van der Waals surface area contributed by atoms with Gasteiger partial charge in [0.05, 0.1) is 5.52 Å². The van der Waals surface area contributed by atoms with E-state index in [1.165, 1.54) is 119 Å². The maximum Gasteiger partial charge on any atom is 0.198 e. The molecule has 0 bridgehead atoms. The maximum atomic E-state index is 7.09. The second-order valence-corrected chi connectivity index (χ2v) is 25.8. The Hall–Kier alpha value is -7.38. The van der Waals surface area contributed by atoms with Gasteiger partial charge < -0.3 is 14.3 Å². The van der Waals surface area contributed by atoms with E-state index in [1.807, 2.05) is 22.7 Å². The summed E-state index contributed by atoms with van der Waals surface area (Å²) >= 11 is 3.83. The van der Waals surface area contributed by atoms with Crippen LogP contribution in [0.5, 0.6) is 0 Å². The van der Waals surface area contributed by atoms with Gasteiger partial charge in [0, 0.05) is 95.8 Å². The molecule has 13 aromatic rings. The molecule has 0 saturated carbocycles. The minimum absolute atomic E-state index is 0.0600. The number of thiophene rings is 2. The number of benzene rings is 9. The summed E-state index contributed by atoms with van der Waals surface area (Å²) < 4.78 is 15.0. The van der Waals surface area contributed by atoms with Crippen molar-refractivity contribution in [1.82, 2.24) is 4.57 Å². The molecule has 1 aliphatic carbocycles. The highest BCUT2D eigenvalue weighted by Gasteiger charge is 2.38. The van der Waals surface area contributed by atoms with Gasteiger partial charge in [-0.2, -0.15) is 0 Å². The van der Waals surface area contributed by atoms with Crippen LogP contribution in [-0.4, -0.2) is 11.8 Å². The van der Waals surface area contributed by atoms with E-state index in [0.29, 0.717) is 0 Å². The average molecular weight is 991 g/mol. The molecule has 5 heterocycles. The van der Waals surface area contributed by atoms with Crippen LogP contribution in [0.3, 0.4) is 0 Å². The van der Waals surface area contributed by atoms with Gasteiger partial charge in [0.1, 0.15) is 11.3 Å². The highest BCUT2D eigenvalue weighted by molar-refractivity contribution is 7.26. The van der Waals surface area contributed by atoms with Crippen LogP contribution in [0.1, 0.15) is 78.0 Å². The Morgan fingerprint density at radius 3 is 1.95 bits per heavy atom. The third-order valence-electron chi connectivity index (χ3n) is 17.0. The normalized spacial score (nSPS) is 14.9. The van der Waals surface area contributed by atoms with Crippen LogP contribution in [0, 0.1) is 0 Å². The van der Waals surface area contributed by atoms with Crippen molar-refractivity contribution >= 4 is 125 Å². The Bertz CT molecular complexity index is 4500. The Morgan fingerprint density at radius 1 is 0.541 bits per heavy atom. The summed E-state index contributed by atoms with van der Waals surface area (Å²) in [7, 11) is 0.756. The van der Waals surface area contributed by atoms with E-state index in [0.717, 1.165) is 52.1 Å². The minimum atomic E-state index is 0.0600. The van der Waals surface area contributed by atoms with Gasteiger partial charge in [0.2, 0.25) is 0 Å². The molecule has 3 nitrogen and oxygen atoms in total. The number of furan rings is 1. The van der Waals surface area contributed by atoms with Gasteiger partial charge >= 0.3 is 0 Å². The smallest absolute Gasteiger partial charge is 0.198 e. The lowest BCUT2D eigenvalue weighted by molar-refractivity contribution is 0.332. The number of anilines is 2. The van der Waals surface area contributed by atoms with E-state index in [4.69, 9.17) is 4.42 Å². The quantitative estimate of drug-likeness (QED) is 0.174. The molecule has 0 amide bonds. The number of rotatable bonds is 5. The minimum Gasteiger partial charge on any atom is -0.455 e. The summed E-state index contributed by atoms with van der Waals surface area (Å²) in [4.78, 5) is 0. The fraction of sp³-hybridized carbons (Fsp3) is 0.176. The highest BCUT2D eigenvalue weighted by Crippen LogP contribution is 2.51. The summed E-state index contributed by atoms with van der Waals surface area (Å²) in [6.45, 7) is 16.6. The van der Waals surface area contributed by atoms with Crippen molar-refractivity contribution in [2.45, 2.75) is 77.6 Å². The van der Waals surface area contributed by atoms with Gasteiger partial charge in [-0.3, -0.25) is 0 Å². The largest absolute Gasteiger partial charge is 0.455 e. The Kier molecular flexibility index (Phi) is 9.29. The molecule has 0 spiro atoms. The van der Waals surface area contributed by atoms with Crippen molar-refractivity contribution in [3.05, 3.63) is 187 Å². The molecular formula is C68H55BN2OS2. The van der Waals surface area contributed by atoms with E-state index in [1.54, 1.807) is 0 Å². The topological polar surface area (TPSA) is 30.1 Å². The van der Waals surface area contributed by atoms with Gasteiger partial charge in [-0.1, -0.05) is 157 Å². The predicted octanol–water partition coefficient (Wildman–Crippen LogP) is 18.4. The lowest BCUT2D eigenvalue weighted by Gasteiger charge is -2.41. The van der Waals surface area contributed by atoms with Crippen molar-refractivity contribution in [2.24, 2.45) is 0 Å². The molecule has 15 rings (SSSR count). The van der Waals surface area contributed by atoms with Crippen molar-refractivity contribution in [3.63, 3.8) is 0 Å². The number of nitrogens with zero attached hydrogens (tertiary/aromatic N) is 1. The van der Waals surface area contributed by atoms with E-state index >= 15 is 0 Å². The third-order valence-corrected chi connectivity index (χ3v) is 19.3. The zero-order valence-corrected chi connectivity index (χ0v) is 44.6. The molecule has 6 heteroatoms. The maximum absolute atomic E-state index is 7.09. The molecule has 358 valence electrons. The summed E-state index contributed by atoms with van der Waals surface area (Å²) in [5.74, 6) is 0.901. The van der Waals surface area contributed by atoms with Crippen LogP contribution in [0.15, 0.2) is 174 Å². The molecule has 0 fully saturated rings. The van der Waals surface area contributed by atoms with Gasteiger partial charge in [-0.25, -0.2) is 0 Å². The molecule has 9 aromatic carbocycles. The van der Waals surface area contributed by atoms with Gasteiger partial charge in [0.15, 0.2) is 7.28 Å². The second kappa shape index (κ2) is 15.6. The molecule has 0 saturated heterocycles. The van der Waals surface area contributed by atoms with Crippen LogP contribution in [-0.2, 0) is 16.2 Å². The monoisotopic (exact) mass is 990 g/mol. The highest BCUT2D eigenvalue weighted by atomic mass is 32.1. The first kappa shape index (κ1) is 44.1. The molecule has 0 radical (unpaired) electrons. The van der Waals surface area contributed by atoms with Gasteiger partial charge in [-0.05, 0) is 129 Å². The predicted molar refractivity (Wildman–Crippen MR) is 323 cm³/mol. The Balaban J connectivity index is 1.02. The van der Waals surface area contributed by atoms with Gasteiger partial charge in [0.25, 0.3) is 0 Å². The molecular weight excluding hydrogens is 936 g/mol. The van der Waals surface area contributed by atoms with Crippen LogP contribution in [0.25, 0.3) is 112 Å². The van der Waals surface area contributed by atoms with E-state index in [2.05, 4.69) is 228 Å². The molecule has 0 atom stereocenters. The van der Waals surface area contributed by atoms with Crippen molar-refractivity contribution in [2.75, 3.05) is 5.32 Å². The fourth-order valence-electron chi connectivity index (χ4n) is 12.9. The number of hydrogen-bond donors (Lipinski definition) is 1. The molecule has 0 unspecified atom stereocenters. The second-order valence-electron chi connectivity index (χ2n) is 23.6. The third kappa shape index (κ3) is 6.56. The van der Waals surface area contributed by atoms with E-state index in [-0.39, 0.29) is 16.2 Å². The fourth-order valence-corrected chi connectivity index (χ4v) is 15.2. The number of aromatic nitrogens is 1. The van der Waals surface area contributed by atoms with Crippen LogP contribution in [0.4, 0.5) is 11.4 Å². The lowest BCUT2D eigenvalue weighted by atomic mass is 9.59. The summed E-state index contributed by atoms with van der Waals surface area (Å²) in [5, 5.41) is 13.0.